The van der Waals surface area contributed by atoms with Crippen molar-refractivity contribution in [2.75, 3.05) is 13.7 Å². The number of methoxy groups -OCH3 is 1. The van der Waals surface area contributed by atoms with Crippen molar-refractivity contribution in [1.29, 1.82) is 0 Å². The Labute approximate surface area is 102 Å². The lowest BCUT2D eigenvalue weighted by atomic mass is 10.1. The monoisotopic (exact) mass is 237 g/mol. The van der Waals surface area contributed by atoms with Crippen LogP contribution < -0.4 is 5.48 Å². The molecule has 1 rings (SSSR count). The highest BCUT2D eigenvalue weighted by molar-refractivity contribution is 5.89. The van der Waals surface area contributed by atoms with E-state index in [4.69, 9.17) is 9.57 Å². The van der Waals surface area contributed by atoms with Crippen LogP contribution in [-0.4, -0.2) is 25.7 Å². The number of benzene rings is 1. The van der Waals surface area contributed by atoms with E-state index in [1.807, 2.05) is 19.9 Å². The summed E-state index contributed by atoms with van der Waals surface area (Å²) in [7, 11) is 1.62. The molecule has 0 saturated carbocycles. The van der Waals surface area contributed by atoms with Crippen LogP contribution >= 0.6 is 0 Å². The Morgan fingerprint density at radius 3 is 2.47 bits per heavy atom. The van der Waals surface area contributed by atoms with Gasteiger partial charge in [-0.3, -0.25) is 0 Å². The van der Waals surface area contributed by atoms with Crippen LogP contribution in [0.15, 0.2) is 30.3 Å². The lowest BCUT2D eigenvalue weighted by Crippen LogP contribution is -2.39. The Bertz CT molecular complexity index is 338. The molecule has 17 heavy (non-hydrogen) atoms. The molecule has 1 aromatic rings. The van der Waals surface area contributed by atoms with Crippen LogP contribution in [-0.2, 0) is 9.57 Å². The molecular weight excluding hydrogens is 218 g/mol. The molecule has 0 aromatic heterocycles. The van der Waals surface area contributed by atoms with Gasteiger partial charge in [-0.2, -0.15) is 0 Å². The van der Waals surface area contributed by atoms with Gasteiger partial charge in [-0.1, -0.05) is 32.0 Å². The average Bonchev–Trinajstić information content (AvgIpc) is 2.34. The molecule has 0 aliphatic carbocycles. The Morgan fingerprint density at radius 2 is 1.94 bits per heavy atom. The van der Waals surface area contributed by atoms with Crippen molar-refractivity contribution < 1.29 is 14.4 Å². The van der Waals surface area contributed by atoms with Crippen LogP contribution in [0.3, 0.4) is 0 Å². The second kappa shape index (κ2) is 7.04. The molecule has 4 nitrogen and oxygen atoms in total. The predicted octanol–water partition coefficient (Wildman–Crippen LogP) is 2.02. The Morgan fingerprint density at radius 1 is 1.29 bits per heavy atom. The van der Waals surface area contributed by atoms with Crippen molar-refractivity contribution >= 4 is 5.97 Å². The van der Waals surface area contributed by atoms with Gasteiger partial charge in [0.05, 0.1) is 18.2 Å². The highest BCUT2D eigenvalue weighted by atomic mass is 16.7. The normalized spacial score (nSPS) is 12.5. The largest absolute Gasteiger partial charge is 0.383 e. The Balaban J connectivity index is 2.47. The van der Waals surface area contributed by atoms with Crippen molar-refractivity contribution in [2.45, 2.75) is 19.9 Å². The van der Waals surface area contributed by atoms with Gasteiger partial charge < -0.3 is 9.57 Å². The van der Waals surface area contributed by atoms with Gasteiger partial charge in [-0.15, -0.1) is 5.48 Å². The molecule has 1 unspecified atom stereocenters. The van der Waals surface area contributed by atoms with E-state index in [-0.39, 0.29) is 12.0 Å². The van der Waals surface area contributed by atoms with Gasteiger partial charge in [0.15, 0.2) is 0 Å². The lowest BCUT2D eigenvalue weighted by Gasteiger charge is -2.20. The van der Waals surface area contributed by atoms with Crippen molar-refractivity contribution in [3.63, 3.8) is 0 Å². The first-order valence-corrected chi connectivity index (χ1v) is 5.65. The molecule has 0 aliphatic rings. The maximum atomic E-state index is 11.7. The van der Waals surface area contributed by atoms with Gasteiger partial charge in [-0.25, -0.2) is 4.79 Å². The summed E-state index contributed by atoms with van der Waals surface area (Å²) in [5.74, 6) is -0.0640. The second-order valence-corrected chi connectivity index (χ2v) is 4.18. The highest BCUT2D eigenvalue weighted by Gasteiger charge is 2.15. The zero-order chi connectivity index (χ0) is 12.7. The van der Waals surface area contributed by atoms with E-state index in [1.165, 1.54) is 0 Å². The van der Waals surface area contributed by atoms with E-state index in [0.717, 1.165) is 0 Å². The number of nitrogens with one attached hydrogen (secondary N) is 1. The first-order chi connectivity index (χ1) is 8.15. The van der Waals surface area contributed by atoms with Crippen LogP contribution in [0, 0.1) is 5.92 Å². The lowest BCUT2D eigenvalue weighted by molar-refractivity contribution is -0.00288. The number of carbonyl (C=O) groups is 1. The molecular formula is C13H19NO3. The maximum Gasteiger partial charge on any atom is 0.356 e. The fourth-order valence-corrected chi connectivity index (χ4v) is 1.30. The third-order valence-electron chi connectivity index (χ3n) is 2.46. The summed E-state index contributed by atoms with van der Waals surface area (Å²) >= 11 is 0. The summed E-state index contributed by atoms with van der Waals surface area (Å²) in [5, 5.41) is 0. The quantitative estimate of drug-likeness (QED) is 0.769. The minimum atomic E-state index is -0.382. The average molecular weight is 237 g/mol. The van der Waals surface area contributed by atoms with Gasteiger partial charge in [0.2, 0.25) is 0 Å². The van der Waals surface area contributed by atoms with Gasteiger partial charge in [0.1, 0.15) is 0 Å². The molecule has 0 heterocycles. The molecule has 0 saturated heterocycles. The van der Waals surface area contributed by atoms with Gasteiger partial charge in [-0.05, 0) is 18.1 Å². The van der Waals surface area contributed by atoms with Crippen LogP contribution in [0.1, 0.15) is 24.2 Å². The van der Waals surface area contributed by atoms with Crippen molar-refractivity contribution in [1.82, 2.24) is 5.48 Å². The van der Waals surface area contributed by atoms with E-state index >= 15 is 0 Å². The summed E-state index contributed by atoms with van der Waals surface area (Å²) in [6.07, 6.45) is 0. The molecule has 1 aromatic carbocycles. The summed E-state index contributed by atoms with van der Waals surface area (Å²) in [6.45, 7) is 4.57. The minimum absolute atomic E-state index is 0.00679. The van der Waals surface area contributed by atoms with Crippen molar-refractivity contribution in [3.8, 4) is 0 Å². The fourth-order valence-electron chi connectivity index (χ4n) is 1.30. The van der Waals surface area contributed by atoms with Crippen LogP contribution in [0.4, 0.5) is 0 Å². The molecule has 94 valence electrons. The molecule has 0 radical (unpaired) electrons. The molecule has 4 heteroatoms. The standard InChI is InChI=1S/C13H19NO3/c1-10(2)12(9-16-3)14-17-13(15)11-7-5-4-6-8-11/h4-8,10,12,14H,9H2,1-3H3. The predicted molar refractivity (Wildman–Crippen MR) is 65.5 cm³/mol. The molecule has 0 amide bonds. The number of hydroxylamine groups is 1. The molecule has 1 N–H and O–H groups in total. The molecule has 0 spiro atoms. The zero-order valence-electron chi connectivity index (χ0n) is 10.5. The van der Waals surface area contributed by atoms with E-state index in [0.29, 0.717) is 18.1 Å². The molecule has 0 aliphatic heterocycles. The summed E-state index contributed by atoms with van der Waals surface area (Å²) < 4.78 is 5.05. The van der Waals surface area contributed by atoms with Crippen molar-refractivity contribution in [3.05, 3.63) is 35.9 Å². The third kappa shape index (κ3) is 4.54. The maximum absolute atomic E-state index is 11.7. The second-order valence-electron chi connectivity index (χ2n) is 4.18. The molecule has 0 fully saturated rings. The molecule has 0 bridgehead atoms. The summed E-state index contributed by atoms with van der Waals surface area (Å²) in [5.41, 5.74) is 3.27. The number of carbonyl (C=O) groups excluding carboxylic acids is 1. The van der Waals surface area contributed by atoms with Gasteiger partial charge >= 0.3 is 5.97 Å². The Hall–Kier alpha value is -1.39. The van der Waals surface area contributed by atoms with Gasteiger partial charge in [0.25, 0.3) is 0 Å². The van der Waals surface area contributed by atoms with E-state index in [1.54, 1.807) is 31.4 Å². The first kappa shape index (κ1) is 13.7. The number of rotatable bonds is 6. The van der Waals surface area contributed by atoms with Crippen LogP contribution in [0.25, 0.3) is 0 Å². The minimum Gasteiger partial charge on any atom is -0.383 e. The molecule has 1 atom stereocenters. The Kier molecular flexibility index (Phi) is 5.66. The zero-order valence-corrected chi connectivity index (χ0v) is 10.5. The topological polar surface area (TPSA) is 47.6 Å². The fraction of sp³-hybridized carbons (Fsp3) is 0.462. The third-order valence-corrected chi connectivity index (χ3v) is 2.46. The summed E-state index contributed by atoms with van der Waals surface area (Å²) in [4.78, 5) is 16.7. The van der Waals surface area contributed by atoms with E-state index in [9.17, 15) is 4.79 Å². The summed E-state index contributed by atoms with van der Waals surface area (Å²) in [6, 6.07) is 8.87. The van der Waals surface area contributed by atoms with Crippen LogP contribution in [0.5, 0.6) is 0 Å². The van der Waals surface area contributed by atoms with Crippen LogP contribution in [0.2, 0.25) is 0 Å². The number of hydrogen-bond donors (Lipinski definition) is 1. The van der Waals surface area contributed by atoms with E-state index < -0.39 is 0 Å². The van der Waals surface area contributed by atoms with E-state index in [2.05, 4.69) is 5.48 Å². The van der Waals surface area contributed by atoms with Gasteiger partial charge in [0, 0.05) is 7.11 Å². The SMILES string of the molecule is COCC(NOC(=O)c1ccccc1)C(C)C. The first-order valence-electron chi connectivity index (χ1n) is 5.65. The number of ether oxygens (including phenoxy) is 1. The smallest absolute Gasteiger partial charge is 0.356 e. The van der Waals surface area contributed by atoms with Crippen molar-refractivity contribution in [2.24, 2.45) is 5.92 Å². The highest BCUT2D eigenvalue weighted by Crippen LogP contribution is 2.04. The number of hydrogen-bond acceptors (Lipinski definition) is 4.